The lowest BCUT2D eigenvalue weighted by atomic mass is 10.1. The maximum atomic E-state index is 10.7. The van der Waals surface area contributed by atoms with Crippen LogP contribution in [0.15, 0.2) is 22.7 Å². The second-order valence-electron chi connectivity index (χ2n) is 2.49. The zero-order chi connectivity index (χ0) is 9.84. The van der Waals surface area contributed by atoms with Gasteiger partial charge in [0.1, 0.15) is 5.75 Å². The largest absolute Gasteiger partial charge is 0.496 e. The minimum absolute atomic E-state index is 0.185. The highest BCUT2D eigenvalue weighted by Crippen LogP contribution is 2.23. The van der Waals surface area contributed by atoms with E-state index >= 15 is 0 Å². The van der Waals surface area contributed by atoms with Crippen molar-refractivity contribution in [3.8, 4) is 5.75 Å². The summed E-state index contributed by atoms with van der Waals surface area (Å²) >= 11 is 8.59. The second-order valence-corrected chi connectivity index (χ2v) is 3.83. The summed E-state index contributed by atoms with van der Waals surface area (Å²) in [6.07, 6.45) is 0.185. The lowest BCUT2D eigenvalue weighted by Crippen LogP contribution is -1.97. The van der Waals surface area contributed by atoms with Gasteiger partial charge in [-0.2, -0.15) is 0 Å². The van der Waals surface area contributed by atoms with Crippen molar-refractivity contribution in [3.05, 3.63) is 28.2 Å². The molecule has 0 N–H and O–H groups in total. The van der Waals surface area contributed by atoms with Crippen molar-refractivity contribution < 1.29 is 9.53 Å². The van der Waals surface area contributed by atoms with Gasteiger partial charge in [-0.1, -0.05) is 15.9 Å². The Morgan fingerprint density at radius 3 is 2.85 bits per heavy atom. The van der Waals surface area contributed by atoms with E-state index in [0.29, 0.717) is 5.75 Å². The molecular formula is C9H8BrClO2. The predicted molar refractivity (Wildman–Crippen MR) is 55.3 cm³/mol. The van der Waals surface area contributed by atoms with Gasteiger partial charge >= 0.3 is 0 Å². The van der Waals surface area contributed by atoms with Crippen LogP contribution in [-0.2, 0) is 11.2 Å². The lowest BCUT2D eigenvalue weighted by Gasteiger charge is -2.06. The number of rotatable bonds is 3. The second kappa shape index (κ2) is 4.63. The van der Waals surface area contributed by atoms with Crippen LogP contribution in [0.1, 0.15) is 5.56 Å². The molecule has 0 bridgehead atoms. The van der Waals surface area contributed by atoms with Gasteiger partial charge in [0, 0.05) is 10.0 Å². The van der Waals surface area contributed by atoms with Crippen LogP contribution in [0.5, 0.6) is 5.75 Å². The molecule has 70 valence electrons. The topological polar surface area (TPSA) is 26.3 Å². The van der Waals surface area contributed by atoms with Crippen LogP contribution in [0, 0.1) is 0 Å². The number of hydrogen-bond donors (Lipinski definition) is 0. The number of halogens is 2. The Kier molecular flexibility index (Phi) is 3.75. The summed E-state index contributed by atoms with van der Waals surface area (Å²) in [5.41, 5.74) is 0.789. The number of benzene rings is 1. The number of hydrogen-bond acceptors (Lipinski definition) is 2. The average Bonchev–Trinajstić information content (AvgIpc) is 2.03. The average molecular weight is 264 g/mol. The SMILES string of the molecule is COc1ccc(Br)cc1CC(=O)Cl. The van der Waals surface area contributed by atoms with Crippen molar-refractivity contribution in [2.75, 3.05) is 7.11 Å². The van der Waals surface area contributed by atoms with Gasteiger partial charge in [0.25, 0.3) is 0 Å². The lowest BCUT2D eigenvalue weighted by molar-refractivity contribution is -0.111. The summed E-state index contributed by atoms with van der Waals surface area (Å²) in [4.78, 5) is 10.7. The first-order valence-corrected chi connectivity index (χ1v) is 4.81. The molecule has 4 heteroatoms. The van der Waals surface area contributed by atoms with Crippen LogP contribution in [0.3, 0.4) is 0 Å². The highest BCUT2D eigenvalue weighted by atomic mass is 79.9. The van der Waals surface area contributed by atoms with Gasteiger partial charge in [-0.05, 0) is 29.8 Å². The highest BCUT2D eigenvalue weighted by Gasteiger charge is 2.06. The summed E-state index contributed by atoms with van der Waals surface area (Å²) in [5, 5.41) is -0.392. The van der Waals surface area contributed by atoms with Crippen molar-refractivity contribution in [2.24, 2.45) is 0 Å². The molecule has 1 aromatic carbocycles. The quantitative estimate of drug-likeness (QED) is 0.784. The van der Waals surface area contributed by atoms with Crippen LogP contribution in [0.25, 0.3) is 0 Å². The predicted octanol–water partition coefficient (Wildman–Crippen LogP) is 2.77. The molecule has 0 atom stereocenters. The summed E-state index contributed by atoms with van der Waals surface area (Å²) in [5.74, 6) is 0.678. The number of methoxy groups -OCH3 is 1. The fraction of sp³-hybridized carbons (Fsp3) is 0.222. The molecule has 13 heavy (non-hydrogen) atoms. The summed E-state index contributed by atoms with van der Waals surface area (Å²) in [6.45, 7) is 0. The third-order valence-corrected chi connectivity index (χ3v) is 2.20. The zero-order valence-corrected chi connectivity index (χ0v) is 9.35. The first-order chi connectivity index (χ1) is 6.13. The molecular weight excluding hydrogens is 255 g/mol. The molecule has 0 fully saturated rings. The molecule has 0 aliphatic rings. The molecule has 2 nitrogen and oxygen atoms in total. The molecule has 0 amide bonds. The van der Waals surface area contributed by atoms with Crippen LogP contribution in [0.2, 0.25) is 0 Å². The standard InChI is InChI=1S/C9H8BrClO2/c1-13-8-3-2-7(10)4-6(8)5-9(11)12/h2-4H,5H2,1H3. The van der Waals surface area contributed by atoms with Crippen molar-refractivity contribution in [3.63, 3.8) is 0 Å². The van der Waals surface area contributed by atoms with Gasteiger partial charge in [0.15, 0.2) is 0 Å². The van der Waals surface area contributed by atoms with Crippen molar-refractivity contribution in [1.29, 1.82) is 0 Å². The third-order valence-electron chi connectivity index (χ3n) is 1.57. The van der Waals surface area contributed by atoms with Gasteiger partial charge in [-0.3, -0.25) is 4.79 Å². The van der Waals surface area contributed by atoms with Gasteiger partial charge < -0.3 is 4.74 Å². The van der Waals surface area contributed by atoms with E-state index in [1.54, 1.807) is 13.2 Å². The Morgan fingerprint density at radius 1 is 1.62 bits per heavy atom. The Balaban J connectivity index is 3.01. The van der Waals surface area contributed by atoms with Gasteiger partial charge in [-0.25, -0.2) is 0 Å². The molecule has 0 saturated carbocycles. The molecule has 0 aliphatic heterocycles. The van der Waals surface area contributed by atoms with Crippen LogP contribution >= 0.6 is 27.5 Å². The first kappa shape index (κ1) is 10.5. The van der Waals surface area contributed by atoms with E-state index < -0.39 is 5.24 Å². The molecule has 0 radical (unpaired) electrons. The zero-order valence-electron chi connectivity index (χ0n) is 7.01. The van der Waals surface area contributed by atoms with Gasteiger partial charge in [-0.15, -0.1) is 0 Å². The Morgan fingerprint density at radius 2 is 2.31 bits per heavy atom. The smallest absolute Gasteiger partial charge is 0.226 e. The third kappa shape index (κ3) is 3.01. The Labute approximate surface area is 90.0 Å². The molecule has 0 aromatic heterocycles. The molecule has 1 aromatic rings. The first-order valence-electron chi connectivity index (χ1n) is 3.64. The minimum atomic E-state index is -0.392. The summed E-state index contributed by atoms with van der Waals surface area (Å²) < 4.78 is 5.97. The van der Waals surface area contributed by atoms with Crippen LogP contribution < -0.4 is 4.74 Å². The Hall–Kier alpha value is -0.540. The van der Waals surface area contributed by atoms with E-state index in [9.17, 15) is 4.79 Å². The minimum Gasteiger partial charge on any atom is -0.496 e. The van der Waals surface area contributed by atoms with Crippen molar-refractivity contribution in [1.82, 2.24) is 0 Å². The van der Waals surface area contributed by atoms with Gasteiger partial charge in [0.05, 0.1) is 13.5 Å². The fourth-order valence-electron chi connectivity index (χ4n) is 1.04. The van der Waals surface area contributed by atoms with E-state index in [2.05, 4.69) is 15.9 Å². The van der Waals surface area contributed by atoms with E-state index in [-0.39, 0.29) is 6.42 Å². The van der Waals surface area contributed by atoms with Gasteiger partial charge in [0.2, 0.25) is 5.24 Å². The summed E-state index contributed by atoms with van der Waals surface area (Å²) in [6, 6.07) is 5.46. The van der Waals surface area contributed by atoms with Crippen LogP contribution in [-0.4, -0.2) is 12.4 Å². The highest BCUT2D eigenvalue weighted by molar-refractivity contribution is 9.10. The van der Waals surface area contributed by atoms with Crippen molar-refractivity contribution in [2.45, 2.75) is 6.42 Å². The van der Waals surface area contributed by atoms with E-state index in [1.165, 1.54) is 0 Å². The molecule has 0 unspecified atom stereocenters. The van der Waals surface area contributed by atoms with Crippen LogP contribution in [0.4, 0.5) is 0 Å². The Bertz CT molecular complexity index is 325. The fourth-order valence-corrected chi connectivity index (χ4v) is 1.59. The van der Waals surface area contributed by atoms with E-state index in [1.807, 2.05) is 12.1 Å². The monoisotopic (exact) mass is 262 g/mol. The molecule has 0 saturated heterocycles. The molecule has 1 rings (SSSR count). The number of ether oxygens (including phenoxy) is 1. The molecule has 0 heterocycles. The normalized spacial score (nSPS) is 9.77. The molecule has 0 aliphatic carbocycles. The number of carbonyl (C=O) groups is 1. The maximum Gasteiger partial charge on any atom is 0.226 e. The number of carbonyl (C=O) groups excluding carboxylic acids is 1. The molecule has 0 spiro atoms. The van der Waals surface area contributed by atoms with E-state index in [0.717, 1.165) is 10.0 Å². The maximum absolute atomic E-state index is 10.7. The van der Waals surface area contributed by atoms with Crippen molar-refractivity contribution >= 4 is 32.8 Å². The summed E-state index contributed by atoms with van der Waals surface area (Å²) in [7, 11) is 1.56. The van der Waals surface area contributed by atoms with E-state index in [4.69, 9.17) is 16.3 Å².